The topological polar surface area (TPSA) is 109 Å². The minimum Gasteiger partial charge on any atom is -0.414 e. The second kappa shape index (κ2) is 7.18. The maximum atomic E-state index is 14.3. The second-order valence-corrected chi connectivity index (χ2v) is 8.36. The van der Waals surface area contributed by atoms with Crippen LogP contribution in [0.5, 0.6) is 0 Å². The molecule has 4 heterocycles. The molecule has 5 aromatic rings. The Balaban J connectivity index is 1.38. The number of hydrogen-bond acceptors (Lipinski definition) is 9. The van der Waals surface area contributed by atoms with E-state index >= 15 is 0 Å². The van der Waals surface area contributed by atoms with E-state index in [0.717, 1.165) is 27.1 Å². The lowest BCUT2D eigenvalue weighted by molar-refractivity contribution is 0.116. The Bertz CT molecular complexity index is 1360. The number of halogens is 3. The van der Waals surface area contributed by atoms with Gasteiger partial charge in [-0.25, -0.2) is 14.1 Å². The number of alkyl halides is 2. The number of fused-ring (bicyclic) bond motifs is 1. The van der Waals surface area contributed by atoms with E-state index in [4.69, 9.17) is 10.2 Å². The number of nitrogens with zero attached hydrogens (tertiary/aromatic N) is 6. The second-order valence-electron chi connectivity index (χ2n) is 6.16. The SMILES string of the molecule is Nc1nc2ccc(-c3cn(Cc4sc(-c5nnc(C(F)F)o5)cc4F)nn3)cc2s1. The summed E-state index contributed by atoms with van der Waals surface area (Å²) in [6.45, 7) is 0.106. The van der Waals surface area contributed by atoms with Crippen LogP contribution in [-0.4, -0.2) is 30.2 Å². The van der Waals surface area contributed by atoms with Gasteiger partial charge in [-0.15, -0.1) is 26.6 Å². The van der Waals surface area contributed by atoms with E-state index < -0.39 is 18.1 Å². The van der Waals surface area contributed by atoms with Crippen molar-refractivity contribution in [3.05, 3.63) is 47.0 Å². The minimum absolute atomic E-state index is 0.106. The molecule has 0 aliphatic rings. The van der Waals surface area contributed by atoms with Gasteiger partial charge in [0, 0.05) is 5.56 Å². The molecule has 0 spiro atoms. The van der Waals surface area contributed by atoms with E-state index in [-0.39, 0.29) is 17.3 Å². The fourth-order valence-corrected chi connectivity index (χ4v) is 4.52. The molecule has 13 heteroatoms. The number of benzene rings is 1. The number of thiazole rings is 1. The quantitative estimate of drug-likeness (QED) is 0.424. The summed E-state index contributed by atoms with van der Waals surface area (Å²) < 4.78 is 46.8. The van der Waals surface area contributed by atoms with Crippen LogP contribution in [0.4, 0.5) is 18.3 Å². The number of rotatable bonds is 5. The molecule has 0 fully saturated rings. The average molecular weight is 449 g/mol. The van der Waals surface area contributed by atoms with Gasteiger partial charge in [0.05, 0.1) is 32.7 Å². The maximum Gasteiger partial charge on any atom is 0.314 e. The standard InChI is InChI=1S/C17H10F3N7OS2/c18-8-4-12(15-24-25-16(28-15)14(19)20)29-13(8)6-27-5-10(23-26-27)7-1-2-9-11(3-7)30-17(21)22-9/h1-5,14H,6H2,(H2,21,22). The highest BCUT2D eigenvalue weighted by atomic mass is 32.1. The van der Waals surface area contributed by atoms with E-state index in [2.05, 4.69) is 25.5 Å². The Morgan fingerprint density at radius 3 is 2.80 bits per heavy atom. The zero-order chi connectivity index (χ0) is 20.8. The van der Waals surface area contributed by atoms with Crippen molar-refractivity contribution in [3.63, 3.8) is 0 Å². The molecule has 0 aliphatic heterocycles. The summed E-state index contributed by atoms with van der Waals surface area (Å²) in [7, 11) is 0. The van der Waals surface area contributed by atoms with Gasteiger partial charge in [0.25, 0.3) is 11.8 Å². The molecule has 8 nitrogen and oxygen atoms in total. The van der Waals surface area contributed by atoms with Crippen molar-refractivity contribution in [3.8, 4) is 22.0 Å². The van der Waals surface area contributed by atoms with Crippen LogP contribution in [0.1, 0.15) is 17.2 Å². The Hall–Kier alpha value is -3.32. The molecule has 30 heavy (non-hydrogen) atoms. The Morgan fingerprint density at radius 2 is 2.00 bits per heavy atom. The van der Waals surface area contributed by atoms with E-state index in [0.29, 0.717) is 15.7 Å². The van der Waals surface area contributed by atoms with Crippen LogP contribution in [0.15, 0.2) is 34.9 Å². The number of nitrogens with two attached hydrogens (primary N) is 1. The lowest BCUT2D eigenvalue weighted by Gasteiger charge is -1.97. The molecule has 0 unspecified atom stereocenters. The predicted molar refractivity (Wildman–Crippen MR) is 105 cm³/mol. The van der Waals surface area contributed by atoms with Gasteiger partial charge in [-0.2, -0.15) is 8.78 Å². The normalized spacial score (nSPS) is 11.7. The zero-order valence-corrected chi connectivity index (χ0v) is 16.4. The fourth-order valence-electron chi connectivity index (χ4n) is 2.80. The van der Waals surface area contributed by atoms with Gasteiger partial charge >= 0.3 is 6.43 Å². The molecule has 2 N–H and O–H groups in total. The van der Waals surface area contributed by atoms with Crippen molar-refractivity contribution in [2.45, 2.75) is 13.0 Å². The van der Waals surface area contributed by atoms with Gasteiger partial charge in [0.2, 0.25) is 0 Å². The first-order valence-corrected chi connectivity index (χ1v) is 10.1. The molecular formula is C17H10F3N7OS2. The first kappa shape index (κ1) is 18.7. The van der Waals surface area contributed by atoms with Gasteiger partial charge in [-0.1, -0.05) is 22.6 Å². The van der Waals surface area contributed by atoms with Gasteiger partial charge in [-0.05, 0) is 18.2 Å². The molecule has 1 aromatic carbocycles. The number of thiophene rings is 1. The third kappa shape index (κ3) is 3.41. The largest absolute Gasteiger partial charge is 0.414 e. The summed E-state index contributed by atoms with van der Waals surface area (Å²) in [5.74, 6) is -1.48. The van der Waals surface area contributed by atoms with Crippen LogP contribution < -0.4 is 5.73 Å². The molecule has 0 saturated heterocycles. The van der Waals surface area contributed by atoms with E-state index in [1.165, 1.54) is 22.1 Å². The van der Waals surface area contributed by atoms with Crippen LogP contribution in [0.2, 0.25) is 0 Å². The van der Waals surface area contributed by atoms with Crippen LogP contribution in [0, 0.1) is 5.82 Å². The maximum absolute atomic E-state index is 14.3. The number of hydrogen-bond donors (Lipinski definition) is 1. The van der Waals surface area contributed by atoms with E-state index in [1.54, 1.807) is 6.20 Å². The molecule has 0 saturated carbocycles. The third-order valence-electron chi connectivity index (χ3n) is 4.14. The summed E-state index contributed by atoms with van der Waals surface area (Å²) in [5, 5.41) is 15.5. The monoisotopic (exact) mass is 449 g/mol. The highest BCUT2D eigenvalue weighted by Gasteiger charge is 2.20. The molecule has 5 rings (SSSR count). The van der Waals surface area contributed by atoms with Crippen molar-refractivity contribution >= 4 is 38.0 Å². The van der Waals surface area contributed by atoms with Gasteiger partial charge in [0.1, 0.15) is 11.5 Å². The van der Waals surface area contributed by atoms with E-state index in [9.17, 15) is 13.2 Å². The molecule has 0 aliphatic carbocycles. The van der Waals surface area contributed by atoms with Crippen LogP contribution >= 0.6 is 22.7 Å². The number of nitrogen functional groups attached to an aromatic ring is 1. The van der Waals surface area contributed by atoms with Crippen molar-refractivity contribution in [1.82, 2.24) is 30.2 Å². The van der Waals surface area contributed by atoms with Crippen LogP contribution in [-0.2, 0) is 6.54 Å². The highest BCUT2D eigenvalue weighted by Crippen LogP contribution is 2.32. The van der Waals surface area contributed by atoms with Crippen LogP contribution in [0.25, 0.3) is 32.2 Å². The first-order valence-electron chi connectivity index (χ1n) is 8.43. The lowest BCUT2D eigenvalue weighted by atomic mass is 10.1. The van der Waals surface area contributed by atoms with Crippen molar-refractivity contribution in [1.29, 1.82) is 0 Å². The Morgan fingerprint density at radius 1 is 1.13 bits per heavy atom. The third-order valence-corrected chi connectivity index (χ3v) is 6.07. The van der Waals surface area contributed by atoms with Crippen molar-refractivity contribution in [2.24, 2.45) is 0 Å². The van der Waals surface area contributed by atoms with Gasteiger partial charge in [0.15, 0.2) is 5.13 Å². The fraction of sp³-hybridized carbons (Fsp3) is 0.118. The van der Waals surface area contributed by atoms with Gasteiger partial charge in [-0.3, -0.25) is 0 Å². The Labute approximate surface area is 173 Å². The van der Waals surface area contributed by atoms with E-state index in [1.807, 2.05) is 18.2 Å². The number of aromatic nitrogens is 6. The molecular weight excluding hydrogens is 439 g/mol. The first-order chi connectivity index (χ1) is 14.5. The van der Waals surface area contributed by atoms with Crippen molar-refractivity contribution < 1.29 is 17.6 Å². The summed E-state index contributed by atoms with van der Waals surface area (Å²) in [5.41, 5.74) is 7.98. The van der Waals surface area contributed by atoms with Gasteiger partial charge < -0.3 is 10.2 Å². The molecule has 0 bridgehead atoms. The average Bonchev–Trinajstić information content (AvgIpc) is 3.47. The smallest absolute Gasteiger partial charge is 0.314 e. The predicted octanol–water partition coefficient (Wildman–Crippen LogP) is 4.37. The summed E-state index contributed by atoms with van der Waals surface area (Å²) in [6.07, 6.45) is -1.20. The van der Waals surface area contributed by atoms with Crippen LogP contribution in [0.3, 0.4) is 0 Å². The molecule has 0 atom stereocenters. The zero-order valence-electron chi connectivity index (χ0n) is 14.8. The summed E-state index contributed by atoms with van der Waals surface area (Å²) in [6, 6.07) is 6.79. The highest BCUT2D eigenvalue weighted by molar-refractivity contribution is 7.22. The molecule has 4 aromatic heterocycles. The molecule has 0 radical (unpaired) electrons. The Kier molecular flexibility index (Phi) is 4.47. The lowest BCUT2D eigenvalue weighted by Crippen LogP contribution is -1.99. The molecule has 152 valence electrons. The summed E-state index contributed by atoms with van der Waals surface area (Å²) >= 11 is 2.39. The number of anilines is 1. The minimum atomic E-state index is -2.88. The summed E-state index contributed by atoms with van der Waals surface area (Å²) in [4.78, 5) is 4.80. The molecule has 0 amide bonds. The van der Waals surface area contributed by atoms with Crippen molar-refractivity contribution in [2.75, 3.05) is 5.73 Å².